The Balaban J connectivity index is 1.56. The molecule has 0 aliphatic carbocycles. The highest BCUT2D eigenvalue weighted by Crippen LogP contribution is 2.14. The van der Waals surface area contributed by atoms with E-state index in [9.17, 15) is 4.79 Å². The van der Waals surface area contributed by atoms with Crippen LogP contribution < -0.4 is 4.90 Å². The summed E-state index contributed by atoms with van der Waals surface area (Å²) in [5.74, 6) is 0.435. The lowest BCUT2D eigenvalue weighted by molar-refractivity contribution is -0.921. The maximum Gasteiger partial charge on any atom is 0.231 e. The third-order valence-corrected chi connectivity index (χ3v) is 5.50. The molecule has 1 aliphatic heterocycles. The predicted molar refractivity (Wildman–Crippen MR) is 104 cm³/mol. The number of piperidine rings is 1. The van der Waals surface area contributed by atoms with Crippen molar-refractivity contribution in [1.82, 2.24) is 4.90 Å². The van der Waals surface area contributed by atoms with E-state index >= 15 is 0 Å². The minimum Gasteiger partial charge on any atom is -0.341 e. The Labute approximate surface area is 158 Å². The molecule has 3 rings (SSSR count). The zero-order valence-electron chi connectivity index (χ0n) is 14.7. The van der Waals surface area contributed by atoms with Crippen molar-refractivity contribution in [3.8, 4) is 0 Å². The molecule has 0 radical (unpaired) electrons. The number of quaternary nitrogens is 1. The molecule has 1 amide bonds. The second-order valence-corrected chi connectivity index (χ2v) is 7.94. The zero-order chi connectivity index (χ0) is 17.6. The van der Waals surface area contributed by atoms with E-state index in [1.807, 2.05) is 30.1 Å². The van der Waals surface area contributed by atoms with Gasteiger partial charge in [0.2, 0.25) is 5.91 Å². The highest BCUT2D eigenvalue weighted by atomic mass is 79.9. The van der Waals surface area contributed by atoms with Gasteiger partial charge in [-0.1, -0.05) is 58.4 Å². The highest BCUT2D eigenvalue weighted by Gasteiger charge is 2.30. The summed E-state index contributed by atoms with van der Waals surface area (Å²) >= 11 is 3.49. The van der Waals surface area contributed by atoms with Crippen LogP contribution >= 0.6 is 15.9 Å². The summed E-state index contributed by atoms with van der Waals surface area (Å²) in [5.41, 5.74) is 2.53. The van der Waals surface area contributed by atoms with Gasteiger partial charge in [0.15, 0.2) is 0 Å². The molecule has 2 aromatic carbocycles. The molecule has 25 heavy (non-hydrogen) atoms. The van der Waals surface area contributed by atoms with Crippen LogP contribution in [0, 0.1) is 5.92 Å². The number of halogens is 1. The minimum atomic E-state index is 0.146. The molecule has 0 saturated carbocycles. The Hall–Kier alpha value is -1.65. The van der Waals surface area contributed by atoms with Crippen LogP contribution in [0.4, 0.5) is 0 Å². The van der Waals surface area contributed by atoms with Crippen molar-refractivity contribution in [2.75, 3.05) is 20.1 Å². The van der Waals surface area contributed by atoms with Crippen LogP contribution in [0.2, 0.25) is 0 Å². The molecule has 132 valence electrons. The maximum absolute atomic E-state index is 12.9. The van der Waals surface area contributed by atoms with Crippen molar-refractivity contribution < 1.29 is 9.69 Å². The summed E-state index contributed by atoms with van der Waals surface area (Å²) in [5, 5.41) is 0. The van der Waals surface area contributed by atoms with Gasteiger partial charge in [-0.2, -0.15) is 0 Å². The molecule has 1 heterocycles. The van der Waals surface area contributed by atoms with Gasteiger partial charge in [0.1, 0.15) is 6.54 Å². The highest BCUT2D eigenvalue weighted by molar-refractivity contribution is 9.10. The Morgan fingerprint density at radius 2 is 1.84 bits per heavy atom. The van der Waals surface area contributed by atoms with Gasteiger partial charge in [-0.25, -0.2) is 0 Å². The topological polar surface area (TPSA) is 24.8 Å². The number of carbonyl (C=O) groups excluding carboxylic acids is 1. The molecule has 4 heteroatoms. The first-order chi connectivity index (χ1) is 12.1. The monoisotopic (exact) mass is 401 g/mol. The number of hydrogen-bond donors (Lipinski definition) is 1. The summed E-state index contributed by atoms with van der Waals surface area (Å²) in [6, 6.07) is 18.7. The van der Waals surface area contributed by atoms with Gasteiger partial charge in [0.05, 0.1) is 19.0 Å². The van der Waals surface area contributed by atoms with Gasteiger partial charge in [0.25, 0.3) is 0 Å². The Kier molecular flexibility index (Phi) is 6.27. The number of nitrogens with one attached hydrogen (secondary N) is 1. The van der Waals surface area contributed by atoms with Crippen molar-refractivity contribution in [2.45, 2.75) is 25.9 Å². The Morgan fingerprint density at radius 3 is 2.56 bits per heavy atom. The van der Waals surface area contributed by atoms with Crippen molar-refractivity contribution in [1.29, 1.82) is 0 Å². The Morgan fingerprint density at radius 1 is 1.12 bits per heavy atom. The number of hydrogen-bond acceptors (Lipinski definition) is 1. The normalized spacial score (nSPS) is 20.2. The molecule has 1 unspecified atom stereocenters. The van der Waals surface area contributed by atoms with Crippen LogP contribution in [-0.4, -0.2) is 30.9 Å². The van der Waals surface area contributed by atoms with Crippen LogP contribution in [0.1, 0.15) is 24.0 Å². The zero-order valence-corrected chi connectivity index (χ0v) is 16.3. The average Bonchev–Trinajstić information content (AvgIpc) is 2.64. The summed E-state index contributed by atoms with van der Waals surface area (Å²) < 4.78 is 1.11. The molecule has 1 N–H and O–H groups in total. The van der Waals surface area contributed by atoms with Crippen LogP contribution in [0.5, 0.6) is 0 Å². The fourth-order valence-electron chi connectivity index (χ4n) is 3.66. The summed E-state index contributed by atoms with van der Waals surface area (Å²) in [6.45, 7) is 3.79. The lowest BCUT2D eigenvalue weighted by Crippen LogP contribution is -3.12. The molecule has 1 fully saturated rings. The molecule has 1 saturated heterocycles. The van der Waals surface area contributed by atoms with Gasteiger partial charge >= 0.3 is 0 Å². The van der Waals surface area contributed by atoms with E-state index in [-0.39, 0.29) is 11.8 Å². The Bertz CT molecular complexity index is 687. The molecule has 2 aromatic rings. The van der Waals surface area contributed by atoms with E-state index < -0.39 is 0 Å². The second-order valence-electron chi connectivity index (χ2n) is 7.03. The van der Waals surface area contributed by atoms with E-state index in [1.54, 1.807) is 0 Å². The molecule has 0 spiro atoms. The van der Waals surface area contributed by atoms with Crippen molar-refractivity contribution in [3.63, 3.8) is 0 Å². The average molecular weight is 402 g/mol. The number of amides is 1. The van der Waals surface area contributed by atoms with E-state index in [2.05, 4.69) is 52.3 Å². The summed E-state index contributed by atoms with van der Waals surface area (Å²) in [7, 11) is 1.93. The lowest BCUT2D eigenvalue weighted by atomic mass is 9.96. The van der Waals surface area contributed by atoms with E-state index in [0.717, 1.165) is 36.9 Å². The SMILES string of the molecule is CN(Cc1ccccc1)C(=O)[C@@H]1CCC[NH+](Cc2ccc(Br)cc2)C1. The van der Waals surface area contributed by atoms with Crippen LogP contribution in [0.25, 0.3) is 0 Å². The molecule has 3 nitrogen and oxygen atoms in total. The van der Waals surface area contributed by atoms with E-state index in [0.29, 0.717) is 6.54 Å². The van der Waals surface area contributed by atoms with Crippen molar-refractivity contribution in [3.05, 3.63) is 70.2 Å². The number of likely N-dealkylation sites (tertiary alicyclic amines) is 1. The predicted octanol–water partition coefficient (Wildman–Crippen LogP) is 2.90. The number of carbonyl (C=O) groups is 1. The van der Waals surface area contributed by atoms with E-state index in [4.69, 9.17) is 0 Å². The second kappa shape index (κ2) is 8.63. The van der Waals surface area contributed by atoms with Gasteiger partial charge in [0, 0.05) is 23.6 Å². The summed E-state index contributed by atoms with van der Waals surface area (Å²) in [6.07, 6.45) is 2.14. The van der Waals surface area contributed by atoms with Crippen LogP contribution in [-0.2, 0) is 17.9 Å². The fourth-order valence-corrected chi connectivity index (χ4v) is 3.92. The largest absolute Gasteiger partial charge is 0.341 e. The lowest BCUT2D eigenvalue weighted by Gasteiger charge is -2.31. The number of benzene rings is 2. The third kappa shape index (κ3) is 5.16. The molecule has 0 bridgehead atoms. The van der Waals surface area contributed by atoms with Gasteiger partial charge in [-0.3, -0.25) is 4.79 Å². The van der Waals surface area contributed by atoms with Gasteiger partial charge in [-0.15, -0.1) is 0 Å². The van der Waals surface area contributed by atoms with Crippen molar-refractivity contribution in [2.24, 2.45) is 5.92 Å². The summed E-state index contributed by atoms with van der Waals surface area (Å²) in [4.78, 5) is 16.3. The quantitative estimate of drug-likeness (QED) is 0.818. The van der Waals surface area contributed by atoms with Gasteiger partial charge in [-0.05, 0) is 30.5 Å². The smallest absolute Gasteiger partial charge is 0.231 e. The first-order valence-corrected chi connectivity index (χ1v) is 9.78. The van der Waals surface area contributed by atoms with E-state index in [1.165, 1.54) is 16.0 Å². The molecule has 1 aliphatic rings. The van der Waals surface area contributed by atoms with Gasteiger partial charge < -0.3 is 9.80 Å². The minimum absolute atomic E-state index is 0.146. The maximum atomic E-state index is 12.9. The van der Waals surface area contributed by atoms with Crippen LogP contribution in [0.3, 0.4) is 0 Å². The fraction of sp³-hybridized carbons (Fsp3) is 0.381. The molecule has 0 aromatic heterocycles. The first kappa shape index (κ1) is 18.2. The standard InChI is InChI=1S/C21H25BrN2O/c1-23(14-17-6-3-2-4-7-17)21(25)19-8-5-13-24(16-19)15-18-9-11-20(22)12-10-18/h2-4,6-7,9-12,19H,5,8,13-16H2,1H3/p+1/t19-/m1/s1. The first-order valence-electron chi connectivity index (χ1n) is 8.99. The molecular formula is C21H26BrN2O+. The number of rotatable bonds is 5. The third-order valence-electron chi connectivity index (χ3n) is 4.97. The molecular weight excluding hydrogens is 376 g/mol. The number of nitrogens with zero attached hydrogens (tertiary/aromatic N) is 1. The molecule has 2 atom stereocenters. The van der Waals surface area contributed by atoms with Crippen molar-refractivity contribution >= 4 is 21.8 Å². The van der Waals surface area contributed by atoms with Crippen LogP contribution in [0.15, 0.2) is 59.1 Å².